The highest BCUT2D eigenvalue weighted by atomic mass is 32.2. The van der Waals surface area contributed by atoms with Crippen molar-refractivity contribution in [2.45, 2.75) is 31.0 Å². The molecule has 106 valence electrons. The van der Waals surface area contributed by atoms with Crippen molar-refractivity contribution in [3.05, 3.63) is 0 Å². The minimum Gasteiger partial charge on any atom is -0.481 e. The molecule has 0 bridgehead atoms. The first-order valence-corrected chi connectivity index (χ1v) is 6.48. The summed E-state index contributed by atoms with van der Waals surface area (Å²) in [6.07, 6.45) is -5.73. The predicted octanol–water partition coefficient (Wildman–Crippen LogP) is 0.322. The van der Waals surface area contributed by atoms with Crippen LogP contribution >= 0.6 is 0 Å². The summed E-state index contributed by atoms with van der Waals surface area (Å²) >= 11 is 0. The van der Waals surface area contributed by atoms with Gasteiger partial charge in [0.1, 0.15) is 5.54 Å². The molecule has 1 aliphatic carbocycles. The zero-order chi connectivity index (χ0) is 14.2. The molecule has 0 spiro atoms. The second-order valence-electron chi connectivity index (χ2n) is 4.15. The highest BCUT2D eigenvalue weighted by molar-refractivity contribution is 7.87. The van der Waals surface area contributed by atoms with Gasteiger partial charge < -0.3 is 5.11 Å². The number of nitrogens with one attached hydrogen (secondary N) is 1. The number of halogens is 3. The molecule has 1 saturated carbocycles. The summed E-state index contributed by atoms with van der Waals surface area (Å²) in [6.45, 7) is -0.390. The lowest BCUT2D eigenvalue weighted by Crippen LogP contribution is -2.52. The lowest BCUT2D eigenvalue weighted by atomic mass is 10.3. The van der Waals surface area contributed by atoms with Crippen LogP contribution in [0.1, 0.15) is 19.3 Å². The average molecular weight is 290 g/mol. The molecule has 18 heavy (non-hydrogen) atoms. The topological polar surface area (TPSA) is 86.7 Å². The van der Waals surface area contributed by atoms with Gasteiger partial charge in [-0.1, -0.05) is 0 Å². The molecular formula is C8H13F3N2O4S. The minimum atomic E-state index is -4.65. The Kier molecular flexibility index (Phi) is 3.94. The van der Waals surface area contributed by atoms with Gasteiger partial charge in [-0.05, 0) is 12.8 Å². The van der Waals surface area contributed by atoms with Gasteiger partial charge in [0.15, 0.2) is 0 Å². The summed E-state index contributed by atoms with van der Waals surface area (Å²) in [4.78, 5) is 10.3. The van der Waals surface area contributed by atoms with Gasteiger partial charge in [-0.2, -0.15) is 30.6 Å². The van der Waals surface area contributed by atoms with Crippen molar-refractivity contribution in [2.75, 3.05) is 13.6 Å². The van der Waals surface area contributed by atoms with E-state index in [9.17, 15) is 26.4 Å². The third-order valence-electron chi connectivity index (χ3n) is 2.67. The summed E-state index contributed by atoms with van der Waals surface area (Å²) in [6, 6.07) is 0. The van der Waals surface area contributed by atoms with Gasteiger partial charge in [0, 0.05) is 13.6 Å². The van der Waals surface area contributed by atoms with E-state index in [0.29, 0.717) is 4.31 Å². The SMILES string of the molecule is CN(CCC(=O)O)S(=O)(=O)NC1(C(F)(F)F)CC1. The summed E-state index contributed by atoms with van der Waals surface area (Å²) in [7, 11) is -3.31. The molecule has 0 amide bonds. The average Bonchev–Trinajstić information content (AvgIpc) is 2.93. The van der Waals surface area contributed by atoms with Gasteiger partial charge in [0.2, 0.25) is 0 Å². The molecule has 0 aromatic rings. The normalized spacial score (nSPS) is 18.9. The molecular weight excluding hydrogens is 277 g/mol. The number of carboxylic acids is 1. The molecule has 0 aliphatic heterocycles. The van der Waals surface area contributed by atoms with Crippen molar-refractivity contribution in [1.29, 1.82) is 0 Å². The number of hydrogen-bond donors (Lipinski definition) is 2. The Morgan fingerprint density at radius 2 is 1.94 bits per heavy atom. The standard InChI is InChI=1S/C8H13F3N2O4S/c1-13(5-2-6(14)15)18(16,17)12-7(3-4-7)8(9,10)11/h12H,2-5H2,1H3,(H,14,15). The third-order valence-corrected chi connectivity index (χ3v) is 4.32. The molecule has 1 rings (SSSR count). The fourth-order valence-electron chi connectivity index (χ4n) is 1.27. The molecule has 0 radical (unpaired) electrons. The molecule has 0 unspecified atom stereocenters. The summed E-state index contributed by atoms with van der Waals surface area (Å²) < 4.78 is 63.0. The van der Waals surface area contributed by atoms with Crippen LogP contribution in [0.2, 0.25) is 0 Å². The predicted molar refractivity (Wildman–Crippen MR) is 55.0 cm³/mol. The maximum Gasteiger partial charge on any atom is 0.407 e. The first kappa shape index (κ1) is 15.2. The van der Waals surface area contributed by atoms with E-state index in [4.69, 9.17) is 5.11 Å². The van der Waals surface area contributed by atoms with Gasteiger partial charge in [0.05, 0.1) is 6.42 Å². The molecule has 0 saturated heterocycles. The fourth-order valence-corrected chi connectivity index (χ4v) is 2.57. The molecule has 10 heteroatoms. The van der Waals surface area contributed by atoms with E-state index >= 15 is 0 Å². The van der Waals surface area contributed by atoms with Crippen molar-refractivity contribution in [3.8, 4) is 0 Å². The second-order valence-corrected chi connectivity index (χ2v) is 5.93. The monoisotopic (exact) mass is 290 g/mol. The lowest BCUT2D eigenvalue weighted by molar-refractivity contribution is -0.161. The van der Waals surface area contributed by atoms with Crippen LogP contribution in [-0.4, -0.2) is 49.1 Å². The van der Waals surface area contributed by atoms with E-state index in [2.05, 4.69) is 0 Å². The molecule has 0 atom stereocenters. The first-order chi connectivity index (χ1) is 8.00. The molecule has 1 fully saturated rings. The van der Waals surface area contributed by atoms with Crippen molar-refractivity contribution >= 4 is 16.2 Å². The number of rotatable bonds is 6. The third kappa shape index (κ3) is 3.33. The van der Waals surface area contributed by atoms with Gasteiger partial charge in [-0.25, -0.2) is 0 Å². The minimum absolute atomic E-state index is 0.303. The van der Waals surface area contributed by atoms with Crippen molar-refractivity contribution in [1.82, 2.24) is 9.03 Å². The van der Waals surface area contributed by atoms with Crippen LogP contribution in [0.25, 0.3) is 0 Å². The van der Waals surface area contributed by atoms with E-state index < -0.39 is 40.9 Å². The van der Waals surface area contributed by atoms with E-state index in [0.717, 1.165) is 7.05 Å². The molecule has 0 aromatic heterocycles. The zero-order valence-electron chi connectivity index (χ0n) is 9.49. The summed E-state index contributed by atoms with van der Waals surface area (Å²) in [5.41, 5.74) is -2.39. The lowest BCUT2D eigenvalue weighted by Gasteiger charge is -2.24. The van der Waals surface area contributed by atoms with Crippen LogP contribution in [0.4, 0.5) is 13.2 Å². The van der Waals surface area contributed by atoms with Crippen molar-refractivity contribution < 1.29 is 31.5 Å². The molecule has 0 heterocycles. The van der Waals surface area contributed by atoms with Crippen molar-refractivity contribution in [2.24, 2.45) is 0 Å². The molecule has 6 nitrogen and oxygen atoms in total. The first-order valence-electron chi connectivity index (χ1n) is 5.04. The summed E-state index contributed by atoms with van der Waals surface area (Å²) in [5, 5.41) is 8.38. The van der Waals surface area contributed by atoms with Crippen LogP contribution in [0.15, 0.2) is 0 Å². The fraction of sp³-hybridized carbons (Fsp3) is 0.875. The number of hydrogen-bond acceptors (Lipinski definition) is 3. The van der Waals surface area contributed by atoms with Gasteiger partial charge in [-0.15, -0.1) is 0 Å². The number of nitrogens with zero attached hydrogens (tertiary/aromatic N) is 1. The quantitative estimate of drug-likeness (QED) is 0.737. The van der Waals surface area contributed by atoms with E-state index in [1.165, 1.54) is 0 Å². The van der Waals surface area contributed by atoms with Crippen LogP contribution in [0.5, 0.6) is 0 Å². The Balaban J connectivity index is 2.68. The Bertz CT molecular complexity index is 430. The van der Waals surface area contributed by atoms with E-state index in [-0.39, 0.29) is 12.8 Å². The Morgan fingerprint density at radius 3 is 2.28 bits per heavy atom. The van der Waals surface area contributed by atoms with Crippen LogP contribution in [0.3, 0.4) is 0 Å². The van der Waals surface area contributed by atoms with E-state index in [1.807, 2.05) is 0 Å². The highest BCUT2D eigenvalue weighted by Crippen LogP contribution is 2.49. The van der Waals surface area contributed by atoms with Crippen LogP contribution in [0, 0.1) is 0 Å². The summed E-state index contributed by atoms with van der Waals surface area (Å²) in [5.74, 6) is -1.23. The smallest absolute Gasteiger partial charge is 0.407 e. The molecule has 2 N–H and O–H groups in total. The maximum absolute atomic E-state index is 12.6. The number of carboxylic acid groups (broad SMARTS) is 1. The Morgan fingerprint density at radius 1 is 1.44 bits per heavy atom. The van der Waals surface area contributed by atoms with Crippen LogP contribution < -0.4 is 4.72 Å². The van der Waals surface area contributed by atoms with Gasteiger partial charge >= 0.3 is 12.1 Å². The van der Waals surface area contributed by atoms with Crippen molar-refractivity contribution in [3.63, 3.8) is 0 Å². The Hall–Kier alpha value is -0.870. The Labute approximate surface area is 102 Å². The number of carbonyl (C=O) groups is 1. The van der Waals surface area contributed by atoms with E-state index in [1.54, 1.807) is 4.72 Å². The maximum atomic E-state index is 12.6. The second kappa shape index (κ2) is 4.67. The molecule has 1 aliphatic rings. The molecule has 0 aromatic carbocycles. The largest absolute Gasteiger partial charge is 0.481 e. The van der Waals surface area contributed by atoms with Gasteiger partial charge in [-0.3, -0.25) is 4.79 Å². The van der Waals surface area contributed by atoms with Gasteiger partial charge in [0.25, 0.3) is 10.2 Å². The highest BCUT2D eigenvalue weighted by Gasteiger charge is 2.65. The van der Waals surface area contributed by atoms with Crippen LogP contribution in [-0.2, 0) is 15.0 Å². The zero-order valence-corrected chi connectivity index (χ0v) is 10.3. The number of aliphatic carboxylic acids is 1. The number of alkyl halides is 3.